The largest absolute Gasteiger partial charge is 0.480 e. The number of carbonyl (C=O) groups is 2. The maximum atomic E-state index is 11.5. The van der Waals surface area contributed by atoms with Crippen molar-refractivity contribution in [2.75, 3.05) is 19.6 Å². The van der Waals surface area contributed by atoms with Crippen molar-refractivity contribution < 1.29 is 14.7 Å². The molecule has 1 fully saturated rings. The zero-order valence-corrected chi connectivity index (χ0v) is 9.53. The van der Waals surface area contributed by atoms with Crippen molar-refractivity contribution in [3.63, 3.8) is 0 Å². The number of amides is 1. The average Bonchev–Trinajstić information content (AvgIpc) is 2.59. The molecule has 0 radical (unpaired) electrons. The van der Waals surface area contributed by atoms with E-state index in [1.807, 2.05) is 0 Å². The molecular weight excluding hydrogens is 208 g/mol. The van der Waals surface area contributed by atoms with E-state index >= 15 is 0 Å². The summed E-state index contributed by atoms with van der Waals surface area (Å²) in [6.07, 6.45) is 3.01. The zero-order chi connectivity index (χ0) is 12.2. The summed E-state index contributed by atoms with van der Waals surface area (Å²) in [4.78, 5) is 24.3. The third-order valence-electron chi connectivity index (χ3n) is 3.03. The van der Waals surface area contributed by atoms with Gasteiger partial charge in [0.25, 0.3) is 0 Å². The second kappa shape index (κ2) is 5.12. The smallest absolute Gasteiger partial charge is 0.323 e. The van der Waals surface area contributed by atoms with Gasteiger partial charge in [0.15, 0.2) is 0 Å². The molecule has 1 saturated heterocycles. The standard InChI is InChI=1S/C11H18N2O3/c1-3-6-12-9(14)8-13-7-4-5-11(13,2)10(15)16/h3H,1,4-8H2,2H3,(H,12,14)(H,15,16). The van der Waals surface area contributed by atoms with Crippen LogP contribution >= 0.6 is 0 Å². The second-order valence-electron chi connectivity index (χ2n) is 4.20. The number of carboxylic acids is 1. The summed E-state index contributed by atoms with van der Waals surface area (Å²) < 4.78 is 0. The predicted molar refractivity (Wildman–Crippen MR) is 60.1 cm³/mol. The van der Waals surface area contributed by atoms with Crippen molar-refractivity contribution >= 4 is 11.9 Å². The molecule has 0 saturated carbocycles. The number of hydrogen-bond donors (Lipinski definition) is 2. The van der Waals surface area contributed by atoms with E-state index in [9.17, 15) is 9.59 Å². The molecule has 1 unspecified atom stereocenters. The highest BCUT2D eigenvalue weighted by Crippen LogP contribution is 2.28. The number of rotatable bonds is 5. The SMILES string of the molecule is C=CCNC(=O)CN1CCCC1(C)C(=O)O. The van der Waals surface area contributed by atoms with Crippen LogP contribution in [0.1, 0.15) is 19.8 Å². The molecule has 1 aliphatic rings. The van der Waals surface area contributed by atoms with Gasteiger partial charge in [-0.15, -0.1) is 6.58 Å². The van der Waals surface area contributed by atoms with E-state index in [1.54, 1.807) is 17.9 Å². The number of likely N-dealkylation sites (tertiary alicyclic amines) is 1. The first kappa shape index (κ1) is 12.7. The van der Waals surface area contributed by atoms with Gasteiger partial charge in [-0.2, -0.15) is 0 Å². The van der Waals surface area contributed by atoms with Crippen molar-refractivity contribution in [1.82, 2.24) is 10.2 Å². The molecular formula is C11H18N2O3. The van der Waals surface area contributed by atoms with Gasteiger partial charge in [-0.05, 0) is 26.3 Å². The van der Waals surface area contributed by atoms with Crippen LogP contribution < -0.4 is 5.32 Å². The fourth-order valence-corrected chi connectivity index (χ4v) is 1.93. The number of aliphatic carboxylic acids is 1. The van der Waals surface area contributed by atoms with Gasteiger partial charge in [-0.25, -0.2) is 0 Å². The lowest BCUT2D eigenvalue weighted by Crippen LogP contribution is -2.51. The Kier molecular flexibility index (Phi) is 4.06. The maximum Gasteiger partial charge on any atom is 0.323 e. The topological polar surface area (TPSA) is 69.6 Å². The summed E-state index contributed by atoms with van der Waals surface area (Å²) in [6, 6.07) is 0. The molecule has 0 aliphatic carbocycles. The van der Waals surface area contributed by atoms with Gasteiger partial charge in [0.2, 0.25) is 5.91 Å². The Morgan fingerprint density at radius 2 is 2.31 bits per heavy atom. The van der Waals surface area contributed by atoms with Crippen molar-refractivity contribution in [3.8, 4) is 0 Å². The summed E-state index contributed by atoms with van der Waals surface area (Å²) in [6.45, 7) is 6.37. The normalized spacial score (nSPS) is 25.3. The fraction of sp³-hybridized carbons (Fsp3) is 0.636. The van der Waals surface area contributed by atoms with Crippen LogP contribution in [0.15, 0.2) is 12.7 Å². The Labute approximate surface area is 95.1 Å². The molecule has 0 bridgehead atoms. The molecule has 2 N–H and O–H groups in total. The summed E-state index contributed by atoms with van der Waals surface area (Å²) in [5.74, 6) is -1.02. The van der Waals surface area contributed by atoms with Crippen molar-refractivity contribution in [3.05, 3.63) is 12.7 Å². The van der Waals surface area contributed by atoms with Gasteiger partial charge in [-0.3, -0.25) is 14.5 Å². The Morgan fingerprint density at radius 3 is 2.88 bits per heavy atom. The third-order valence-corrected chi connectivity index (χ3v) is 3.03. The van der Waals surface area contributed by atoms with Crippen molar-refractivity contribution in [1.29, 1.82) is 0 Å². The van der Waals surface area contributed by atoms with Crippen molar-refractivity contribution in [2.24, 2.45) is 0 Å². The fourth-order valence-electron chi connectivity index (χ4n) is 1.93. The zero-order valence-electron chi connectivity index (χ0n) is 9.53. The quantitative estimate of drug-likeness (QED) is 0.658. The number of nitrogens with one attached hydrogen (secondary N) is 1. The highest BCUT2D eigenvalue weighted by molar-refractivity contribution is 5.82. The number of hydrogen-bond acceptors (Lipinski definition) is 3. The van der Waals surface area contributed by atoms with Crippen LogP contribution in [-0.4, -0.2) is 47.1 Å². The number of nitrogens with zero attached hydrogens (tertiary/aromatic N) is 1. The van der Waals surface area contributed by atoms with Crippen LogP contribution in [-0.2, 0) is 9.59 Å². The summed E-state index contributed by atoms with van der Waals surface area (Å²) in [7, 11) is 0. The Balaban J connectivity index is 2.56. The molecule has 0 spiro atoms. The highest BCUT2D eigenvalue weighted by atomic mass is 16.4. The molecule has 5 heteroatoms. The van der Waals surface area contributed by atoms with E-state index in [-0.39, 0.29) is 12.5 Å². The first-order chi connectivity index (χ1) is 7.50. The lowest BCUT2D eigenvalue weighted by atomic mass is 9.99. The molecule has 90 valence electrons. The van der Waals surface area contributed by atoms with E-state index in [2.05, 4.69) is 11.9 Å². The van der Waals surface area contributed by atoms with Gasteiger partial charge in [0, 0.05) is 6.54 Å². The summed E-state index contributed by atoms with van der Waals surface area (Å²) in [5.41, 5.74) is -0.897. The summed E-state index contributed by atoms with van der Waals surface area (Å²) >= 11 is 0. The molecule has 1 aliphatic heterocycles. The molecule has 5 nitrogen and oxygen atoms in total. The molecule has 0 aromatic heterocycles. The second-order valence-corrected chi connectivity index (χ2v) is 4.20. The van der Waals surface area contributed by atoms with Crippen molar-refractivity contribution in [2.45, 2.75) is 25.3 Å². The van der Waals surface area contributed by atoms with Crippen LogP contribution in [0.4, 0.5) is 0 Å². The lowest BCUT2D eigenvalue weighted by molar-refractivity contribution is -0.149. The van der Waals surface area contributed by atoms with Gasteiger partial charge >= 0.3 is 5.97 Å². The summed E-state index contributed by atoms with van der Waals surface area (Å²) in [5, 5.41) is 11.8. The maximum absolute atomic E-state index is 11.5. The number of carbonyl (C=O) groups excluding carboxylic acids is 1. The molecule has 1 rings (SSSR count). The minimum atomic E-state index is -0.897. The van der Waals surface area contributed by atoms with Gasteiger partial charge in [-0.1, -0.05) is 6.08 Å². The lowest BCUT2D eigenvalue weighted by Gasteiger charge is -2.30. The number of carboxylic acid groups (broad SMARTS) is 1. The van der Waals surface area contributed by atoms with E-state index in [0.717, 1.165) is 6.42 Å². The highest BCUT2D eigenvalue weighted by Gasteiger charge is 2.43. The molecule has 1 amide bonds. The first-order valence-corrected chi connectivity index (χ1v) is 5.37. The van der Waals surface area contributed by atoms with Gasteiger partial charge in [0.1, 0.15) is 5.54 Å². The Bertz CT molecular complexity index is 304. The predicted octanol–water partition coefficient (Wildman–Crippen LogP) is 0.228. The van der Waals surface area contributed by atoms with Crippen LogP contribution in [0.2, 0.25) is 0 Å². The molecule has 0 aromatic rings. The van der Waals surface area contributed by atoms with Gasteiger partial charge in [0.05, 0.1) is 6.54 Å². The molecule has 0 aromatic carbocycles. The van der Waals surface area contributed by atoms with E-state index in [1.165, 1.54) is 0 Å². The Hall–Kier alpha value is -1.36. The van der Waals surface area contributed by atoms with Gasteiger partial charge < -0.3 is 10.4 Å². The van der Waals surface area contributed by atoms with Crippen LogP contribution in [0, 0.1) is 0 Å². The average molecular weight is 226 g/mol. The monoisotopic (exact) mass is 226 g/mol. The first-order valence-electron chi connectivity index (χ1n) is 5.37. The minimum absolute atomic E-state index is 0.136. The third kappa shape index (κ3) is 2.61. The molecule has 16 heavy (non-hydrogen) atoms. The van der Waals surface area contributed by atoms with E-state index < -0.39 is 11.5 Å². The van der Waals surface area contributed by atoms with E-state index in [0.29, 0.717) is 19.5 Å². The van der Waals surface area contributed by atoms with Crippen LogP contribution in [0.3, 0.4) is 0 Å². The van der Waals surface area contributed by atoms with Crippen LogP contribution in [0.5, 0.6) is 0 Å². The molecule has 1 atom stereocenters. The van der Waals surface area contributed by atoms with Crippen LogP contribution in [0.25, 0.3) is 0 Å². The van der Waals surface area contributed by atoms with E-state index in [4.69, 9.17) is 5.11 Å². The minimum Gasteiger partial charge on any atom is -0.480 e. The molecule has 1 heterocycles. The Morgan fingerprint density at radius 1 is 1.62 bits per heavy atom.